The minimum absolute atomic E-state index is 0.00960. The molecule has 1 rings (SSSR count). The number of aliphatic carboxylic acids is 3. The predicted molar refractivity (Wildman–Crippen MR) is 273 cm³/mol. The molecule has 3 atom stereocenters. The lowest BCUT2D eigenvalue weighted by molar-refractivity contribution is -0.145. The van der Waals surface area contributed by atoms with Crippen LogP contribution in [-0.2, 0) is 67.4 Å². The maximum absolute atomic E-state index is 12.3. The number of carbonyl (C=O) groups excluding carboxylic acids is 8. The number of Topliss-reactive ketones (excluding diaryl/α,β-unsaturated/α-hetero) is 2. The van der Waals surface area contributed by atoms with Gasteiger partial charge >= 0.3 is 17.9 Å². The third-order valence-corrected chi connectivity index (χ3v) is 12.2. The second-order valence-corrected chi connectivity index (χ2v) is 19.3. The van der Waals surface area contributed by atoms with Crippen LogP contribution in [0.25, 0.3) is 0 Å². The lowest BCUT2D eigenvalue weighted by Gasteiger charge is -2.16. The Morgan fingerprint density at radius 1 is 0.600 bits per heavy atom. The highest BCUT2D eigenvalue weighted by molar-refractivity contribution is 7.90. The van der Waals surface area contributed by atoms with Crippen LogP contribution in [0.4, 0.5) is 5.69 Å². The Balaban J connectivity index is 0.00000158. The number of hydrogen-bond acceptors (Lipinski definition) is 16. The molecule has 26 heteroatoms. The van der Waals surface area contributed by atoms with Crippen molar-refractivity contribution in [2.75, 3.05) is 57.6 Å². The highest BCUT2D eigenvalue weighted by atomic mass is 32.2. The minimum atomic E-state index is -3.99. The molecule has 0 saturated carbocycles. The molecule has 0 radical (unpaired) electrons. The second kappa shape index (κ2) is 40.8. The Kier molecular flexibility index (Phi) is 37.2. The van der Waals surface area contributed by atoms with Gasteiger partial charge in [0.05, 0.1) is 24.9 Å². The number of nitrogens with two attached hydrogens (primary N) is 1. The summed E-state index contributed by atoms with van der Waals surface area (Å²) >= 11 is 0. The van der Waals surface area contributed by atoms with Crippen LogP contribution in [-0.4, -0.2) is 153 Å². The summed E-state index contributed by atoms with van der Waals surface area (Å²) in [6.45, 7) is 5.95. The summed E-state index contributed by atoms with van der Waals surface area (Å²) in [6, 6.07) is 5.26. The van der Waals surface area contributed by atoms with Gasteiger partial charge in [-0.1, -0.05) is 20.3 Å². The van der Waals surface area contributed by atoms with Gasteiger partial charge in [0.25, 0.3) is 5.91 Å². The number of sulfonamides is 1. The maximum Gasteiger partial charge on any atom is 0.326 e. The van der Waals surface area contributed by atoms with E-state index < -0.39 is 87.0 Å². The number of methoxy groups -OCH3 is 1. The van der Waals surface area contributed by atoms with Crippen molar-refractivity contribution in [3.8, 4) is 0 Å². The largest absolute Gasteiger partial charge is 0.481 e. The summed E-state index contributed by atoms with van der Waals surface area (Å²) in [5.41, 5.74) is 6.93. The molecule has 0 aromatic heterocycles. The Morgan fingerprint density at radius 2 is 1.25 bits per heavy atom. The molecule has 0 bridgehead atoms. The van der Waals surface area contributed by atoms with Gasteiger partial charge in [0.1, 0.15) is 30.3 Å². The average Bonchev–Trinajstić information content (AvgIpc) is 3.34. The Labute approximate surface area is 438 Å². The number of amides is 6. The van der Waals surface area contributed by atoms with Crippen LogP contribution < -0.4 is 37.0 Å². The lowest BCUT2D eigenvalue weighted by atomic mass is 9.95. The van der Waals surface area contributed by atoms with Crippen molar-refractivity contribution in [1.29, 1.82) is 0 Å². The fraction of sp³-hybridized carbons (Fsp3) is 0.653. The zero-order valence-electron chi connectivity index (χ0n) is 43.4. The third-order valence-electron chi connectivity index (χ3n) is 10.8. The molecule has 0 fully saturated rings. The van der Waals surface area contributed by atoms with E-state index >= 15 is 0 Å². The number of primary amides is 1. The zero-order valence-corrected chi connectivity index (χ0v) is 44.2. The summed E-state index contributed by atoms with van der Waals surface area (Å²) < 4.78 is 35.6. The van der Waals surface area contributed by atoms with E-state index in [2.05, 4.69) is 33.5 Å². The first-order valence-corrected chi connectivity index (χ1v) is 26.8. The van der Waals surface area contributed by atoms with Gasteiger partial charge in [0.2, 0.25) is 39.6 Å². The molecule has 0 unspecified atom stereocenters. The number of carboxylic acid groups (broad SMARTS) is 3. The van der Waals surface area contributed by atoms with Gasteiger partial charge in [-0.15, -0.1) is 0 Å². The van der Waals surface area contributed by atoms with E-state index in [1.165, 1.54) is 7.11 Å². The summed E-state index contributed by atoms with van der Waals surface area (Å²) in [5, 5.41) is 40.8. The van der Waals surface area contributed by atoms with Gasteiger partial charge in [-0.25, -0.2) is 13.2 Å². The van der Waals surface area contributed by atoms with Crippen LogP contribution in [0.3, 0.4) is 0 Å². The van der Waals surface area contributed by atoms with Gasteiger partial charge in [0, 0.05) is 89.4 Å². The van der Waals surface area contributed by atoms with Crippen LogP contribution >= 0.6 is 0 Å². The number of anilines is 1. The Bertz CT molecular complexity index is 2090. The van der Waals surface area contributed by atoms with Crippen LogP contribution in [0, 0.1) is 5.92 Å². The molecule has 1 aromatic carbocycles. The molecular formula is C49H79N7O18S. The highest BCUT2D eigenvalue weighted by Crippen LogP contribution is 2.15. The van der Waals surface area contributed by atoms with Gasteiger partial charge in [-0.05, 0) is 88.5 Å². The smallest absolute Gasteiger partial charge is 0.326 e. The predicted octanol–water partition coefficient (Wildman–Crippen LogP) is 1.95. The van der Waals surface area contributed by atoms with Gasteiger partial charge in [-0.3, -0.25) is 52.7 Å². The van der Waals surface area contributed by atoms with Crippen LogP contribution in [0.5, 0.6) is 0 Å². The summed E-state index contributed by atoms with van der Waals surface area (Å²) in [5.74, 6) is -9.14. The first-order valence-electron chi connectivity index (χ1n) is 25.1. The molecule has 6 amide bonds. The van der Waals surface area contributed by atoms with Crippen molar-refractivity contribution in [3.05, 3.63) is 29.8 Å². The van der Waals surface area contributed by atoms with Crippen molar-refractivity contribution in [3.63, 3.8) is 0 Å². The number of carboxylic acids is 3. The number of hydrogen-bond donors (Lipinski definition) is 10. The van der Waals surface area contributed by atoms with E-state index in [0.29, 0.717) is 57.4 Å². The topological polar surface area (TPSA) is 399 Å². The number of carbonyl (C=O) groups is 11. The van der Waals surface area contributed by atoms with Crippen molar-refractivity contribution in [2.45, 2.75) is 148 Å². The Hall–Kier alpha value is -6.54. The number of unbranched alkanes of at least 4 members (excludes halogenated alkanes) is 2. The van der Waals surface area contributed by atoms with E-state index in [4.69, 9.17) is 20.3 Å². The first-order chi connectivity index (χ1) is 35.5. The third kappa shape index (κ3) is 36.9. The zero-order chi connectivity index (χ0) is 56.6. The van der Waals surface area contributed by atoms with Crippen molar-refractivity contribution in [2.24, 2.45) is 11.7 Å². The van der Waals surface area contributed by atoms with Gasteiger partial charge in [-0.2, -0.15) is 0 Å². The molecule has 75 heavy (non-hydrogen) atoms. The van der Waals surface area contributed by atoms with E-state index in [9.17, 15) is 71.4 Å². The molecule has 0 aliphatic carbocycles. The van der Waals surface area contributed by atoms with Crippen LogP contribution in [0.15, 0.2) is 24.3 Å². The van der Waals surface area contributed by atoms with E-state index in [-0.39, 0.29) is 102 Å². The lowest BCUT2D eigenvalue weighted by Crippen LogP contribution is -2.45. The number of benzene rings is 1. The quantitative estimate of drug-likeness (QED) is 0.0418. The monoisotopic (exact) mass is 1090 g/mol. The first kappa shape index (κ1) is 68.5. The molecule has 424 valence electrons. The van der Waals surface area contributed by atoms with Crippen molar-refractivity contribution >= 4 is 80.6 Å². The maximum atomic E-state index is 12.3. The molecule has 0 saturated heterocycles. The minimum Gasteiger partial charge on any atom is -0.481 e. The van der Waals surface area contributed by atoms with E-state index in [1.807, 2.05) is 19.1 Å². The van der Waals surface area contributed by atoms with Crippen molar-refractivity contribution in [1.82, 2.24) is 26.0 Å². The normalized spacial score (nSPS) is 12.0. The summed E-state index contributed by atoms with van der Waals surface area (Å²) in [7, 11) is -2.46. The summed E-state index contributed by atoms with van der Waals surface area (Å²) in [4.78, 5) is 129. The molecule has 25 nitrogen and oxygen atoms in total. The molecule has 0 spiro atoms. The fourth-order valence-corrected chi connectivity index (χ4v) is 7.71. The van der Waals surface area contributed by atoms with E-state index in [0.717, 1.165) is 25.1 Å². The summed E-state index contributed by atoms with van der Waals surface area (Å²) in [6.07, 6.45) is 2.80. The molecule has 1 aromatic rings. The molecule has 0 aliphatic rings. The van der Waals surface area contributed by atoms with Crippen LogP contribution in [0.2, 0.25) is 0 Å². The molecule has 11 N–H and O–H groups in total. The molecule has 0 aliphatic heterocycles. The number of ether oxygens (including phenoxy) is 2. The SMILES string of the molecule is CCCCC(=O)CC[C@H](NC(=O)CC[C@H](CC(=O)CCCNC(=O)CCCS(=O)(=O)NC(=O)CCCC(=O)O)C(=O)O)C(=O)O.CCCNc1ccc(C(=O)NCCCC[C@H](NC(=O)COCCOC)C(N)=O)cc1. The average molecular weight is 1090 g/mol. The van der Waals surface area contributed by atoms with Gasteiger partial charge in [0.15, 0.2) is 0 Å². The van der Waals surface area contributed by atoms with Crippen LogP contribution in [0.1, 0.15) is 146 Å². The second-order valence-electron chi connectivity index (χ2n) is 17.4. The van der Waals surface area contributed by atoms with E-state index in [1.54, 1.807) is 16.9 Å². The number of nitrogens with one attached hydrogen (secondary N) is 6. The van der Waals surface area contributed by atoms with Gasteiger partial charge < -0.3 is 57.1 Å². The number of ketones is 2. The standard InChI is InChI=1S/C28H45N3O13S.C21H34N4O5/c1-2-3-7-20(32)13-14-22(28(41)42)30-24(35)15-12-19(27(39)40)18-21(33)8-5-16-29-23(34)10-6-17-45(43,44)31-25(36)9-4-11-26(37)38;1-3-11-23-17-9-7-16(8-10-17)21(28)24-12-5-4-6-18(20(22)27)25-19(26)15-30-14-13-29-2/h19,22H,2-18H2,1H3,(H,29,34)(H,30,35)(H,31,36)(H,37,38)(H,39,40)(H,41,42);7-10,18,23H,3-6,11-15H2,1-2H3,(H2,22,27)(H,24,28)(H,25,26)/t19-,22+;18-/m10/s1. The van der Waals surface area contributed by atoms with Crippen molar-refractivity contribution < 1.29 is 86.0 Å². The fourth-order valence-electron chi connectivity index (χ4n) is 6.64. The number of rotatable bonds is 43. The molecular weight excluding hydrogens is 1010 g/mol. The Morgan fingerprint density at radius 3 is 1.87 bits per heavy atom. The highest BCUT2D eigenvalue weighted by Gasteiger charge is 2.25. The molecule has 0 heterocycles.